The van der Waals surface area contributed by atoms with E-state index in [-0.39, 0.29) is 11.8 Å². The highest BCUT2D eigenvalue weighted by molar-refractivity contribution is 5.98. The highest BCUT2D eigenvalue weighted by Gasteiger charge is 2.23. The van der Waals surface area contributed by atoms with E-state index in [0.29, 0.717) is 0 Å². The van der Waals surface area contributed by atoms with Crippen molar-refractivity contribution in [1.82, 2.24) is 4.90 Å². The van der Waals surface area contributed by atoms with Gasteiger partial charge in [-0.05, 0) is 41.0 Å². The fourth-order valence-corrected chi connectivity index (χ4v) is 4.76. The van der Waals surface area contributed by atoms with Crippen molar-refractivity contribution in [1.29, 1.82) is 0 Å². The smallest absolute Gasteiger partial charge is 0.236 e. The van der Waals surface area contributed by atoms with E-state index in [2.05, 4.69) is 57.6 Å². The minimum Gasteiger partial charge on any atom is -0.369 e. The van der Waals surface area contributed by atoms with Crippen molar-refractivity contribution in [3.63, 3.8) is 0 Å². The summed E-state index contributed by atoms with van der Waals surface area (Å²) in [5.74, 6) is -0.376. The van der Waals surface area contributed by atoms with E-state index >= 15 is 0 Å². The third-order valence-corrected chi connectivity index (χ3v) is 6.65. The molecule has 1 heterocycles. The first-order valence-corrected chi connectivity index (χ1v) is 12.3. The van der Waals surface area contributed by atoms with Crippen LogP contribution in [0.3, 0.4) is 0 Å². The van der Waals surface area contributed by atoms with Crippen LogP contribution in [-0.4, -0.2) is 37.0 Å². The zero-order valence-electron chi connectivity index (χ0n) is 19.9. The highest BCUT2D eigenvalue weighted by atomic mass is 16.1. The maximum atomic E-state index is 13.4. The lowest BCUT2D eigenvalue weighted by Crippen LogP contribution is -2.45. The van der Waals surface area contributed by atoms with Crippen LogP contribution in [0.5, 0.6) is 0 Å². The summed E-state index contributed by atoms with van der Waals surface area (Å²) < 4.78 is 0. The zero-order valence-corrected chi connectivity index (χ0v) is 19.9. The molecular formula is C31H31N3O. The molecule has 4 nitrogen and oxygen atoms in total. The molecule has 1 amide bonds. The molecular weight excluding hydrogens is 430 g/mol. The van der Waals surface area contributed by atoms with Crippen molar-refractivity contribution in [2.24, 2.45) is 0 Å². The molecule has 0 bridgehead atoms. The molecule has 4 aromatic rings. The van der Waals surface area contributed by atoms with Gasteiger partial charge in [0.1, 0.15) is 0 Å². The second-order valence-electron chi connectivity index (χ2n) is 9.04. The van der Waals surface area contributed by atoms with Crippen molar-refractivity contribution in [3.8, 4) is 0 Å². The number of nitrogens with zero attached hydrogens (tertiary/aromatic N) is 2. The number of benzene rings is 4. The van der Waals surface area contributed by atoms with Crippen molar-refractivity contribution < 1.29 is 4.79 Å². The molecule has 1 N–H and O–H groups in total. The van der Waals surface area contributed by atoms with Gasteiger partial charge in [-0.1, -0.05) is 91.0 Å². The van der Waals surface area contributed by atoms with E-state index in [1.807, 2.05) is 72.8 Å². The second-order valence-corrected chi connectivity index (χ2v) is 9.04. The van der Waals surface area contributed by atoms with Gasteiger partial charge < -0.3 is 10.2 Å². The SMILES string of the molecule is O=C(Nc1ccc(N2CCN(Cc3ccccc3)CC2)cc1)C(c1ccccc1)c1ccccc1. The molecule has 0 unspecified atom stereocenters. The van der Waals surface area contributed by atoms with E-state index in [9.17, 15) is 4.79 Å². The first-order valence-electron chi connectivity index (χ1n) is 12.3. The highest BCUT2D eigenvalue weighted by Crippen LogP contribution is 2.27. The summed E-state index contributed by atoms with van der Waals surface area (Å²) >= 11 is 0. The summed E-state index contributed by atoms with van der Waals surface area (Å²) in [6, 6.07) is 38.8. The number of nitrogens with one attached hydrogen (secondary N) is 1. The minimum atomic E-state index is -0.352. The van der Waals surface area contributed by atoms with Crippen molar-refractivity contribution in [2.45, 2.75) is 12.5 Å². The van der Waals surface area contributed by atoms with Crippen molar-refractivity contribution in [3.05, 3.63) is 132 Å². The fourth-order valence-electron chi connectivity index (χ4n) is 4.76. The molecule has 1 fully saturated rings. The molecule has 1 aliphatic heterocycles. The maximum absolute atomic E-state index is 13.4. The summed E-state index contributed by atoms with van der Waals surface area (Å²) in [5, 5.41) is 3.14. The lowest BCUT2D eigenvalue weighted by molar-refractivity contribution is -0.116. The van der Waals surface area contributed by atoms with Crippen LogP contribution in [0.1, 0.15) is 22.6 Å². The van der Waals surface area contributed by atoms with E-state index in [4.69, 9.17) is 0 Å². The predicted molar refractivity (Wildman–Crippen MR) is 144 cm³/mol. The van der Waals surface area contributed by atoms with Crippen LogP contribution in [0, 0.1) is 0 Å². The topological polar surface area (TPSA) is 35.6 Å². The third-order valence-electron chi connectivity index (χ3n) is 6.65. The predicted octanol–water partition coefficient (Wildman–Crippen LogP) is 5.78. The molecule has 0 saturated carbocycles. The summed E-state index contributed by atoms with van der Waals surface area (Å²) in [7, 11) is 0. The first-order chi connectivity index (χ1) is 17.3. The van der Waals surface area contributed by atoms with Gasteiger partial charge in [-0.15, -0.1) is 0 Å². The van der Waals surface area contributed by atoms with Crippen LogP contribution < -0.4 is 10.2 Å². The Morgan fingerprint density at radius 1 is 0.657 bits per heavy atom. The molecule has 0 spiro atoms. The summed E-state index contributed by atoms with van der Waals surface area (Å²) in [6.45, 7) is 5.10. The van der Waals surface area contributed by atoms with Crippen LogP contribution in [0.4, 0.5) is 11.4 Å². The van der Waals surface area contributed by atoms with Gasteiger partial charge in [-0.25, -0.2) is 0 Å². The lowest BCUT2D eigenvalue weighted by atomic mass is 9.90. The molecule has 0 radical (unpaired) electrons. The third kappa shape index (κ3) is 5.79. The van der Waals surface area contributed by atoms with Crippen LogP contribution in [0.25, 0.3) is 0 Å². The Bertz CT molecular complexity index is 1160. The molecule has 4 heteroatoms. The average molecular weight is 462 g/mol. The fraction of sp³-hybridized carbons (Fsp3) is 0.194. The van der Waals surface area contributed by atoms with E-state index in [0.717, 1.165) is 49.5 Å². The number of anilines is 2. The monoisotopic (exact) mass is 461 g/mol. The molecule has 0 aromatic heterocycles. The maximum Gasteiger partial charge on any atom is 0.236 e. The second kappa shape index (κ2) is 11.0. The molecule has 5 rings (SSSR count). The number of amides is 1. The minimum absolute atomic E-state index is 0.0234. The van der Waals surface area contributed by atoms with E-state index < -0.39 is 0 Å². The number of carbonyl (C=O) groups excluding carboxylic acids is 1. The molecule has 1 saturated heterocycles. The van der Waals surface area contributed by atoms with Crippen molar-refractivity contribution in [2.75, 3.05) is 36.4 Å². The molecule has 0 aliphatic carbocycles. The number of piperazine rings is 1. The van der Waals surface area contributed by atoms with Gasteiger partial charge in [0.2, 0.25) is 5.91 Å². The number of carbonyl (C=O) groups is 1. The Kier molecular flexibility index (Phi) is 7.21. The summed E-state index contributed by atoms with van der Waals surface area (Å²) in [4.78, 5) is 18.3. The van der Waals surface area contributed by atoms with Gasteiger partial charge in [0.25, 0.3) is 0 Å². The molecule has 35 heavy (non-hydrogen) atoms. The largest absolute Gasteiger partial charge is 0.369 e. The Morgan fingerprint density at radius 3 is 1.71 bits per heavy atom. The average Bonchev–Trinajstić information content (AvgIpc) is 2.92. The first kappa shape index (κ1) is 22.9. The van der Waals surface area contributed by atoms with Gasteiger partial charge in [0.15, 0.2) is 0 Å². The Balaban J connectivity index is 1.21. The number of hydrogen-bond acceptors (Lipinski definition) is 3. The van der Waals surface area contributed by atoms with Crippen molar-refractivity contribution >= 4 is 17.3 Å². The number of hydrogen-bond donors (Lipinski definition) is 1. The Hall–Kier alpha value is -3.89. The normalized spacial score (nSPS) is 14.1. The van der Waals surface area contributed by atoms with Crippen LogP contribution in [0.2, 0.25) is 0 Å². The van der Waals surface area contributed by atoms with E-state index in [1.165, 1.54) is 11.3 Å². The van der Waals surface area contributed by atoms with Crippen LogP contribution in [0.15, 0.2) is 115 Å². The van der Waals surface area contributed by atoms with Gasteiger partial charge in [-0.2, -0.15) is 0 Å². The molecule has 176 valence electrons. The van der Waals surface area contributed by atoms with Crippen LogP contribution >= 0.6 is 0 Å². The van der Waals surface area contributed by atoms with Gasteiger partial charge >= 0.3 is 0 Å². The standard InChI is InChI=1S/C31H31N3O/c35-31(30(26-12-6-2-7-13-26)27-14-8-3-9-15-27)32-28-16-18-29(19-17-28)34-22-20-33(21-23-34)24-25-10-4-1-5-11-25/h1-19,30H,20-24H2,(H,32,35). The summed E-state index contributed by atoms with van der Waals surface area (Å²) in [5.41, 5.74) is 5.36. The molecule has 4 aromatic carbocycles. The summed E-state index contributed by atoms with van der Waals surface area (Å²) in [6.07, 6.45) is 0. The molecule has 1 aliphatic rings. The number of rotatable bonds is 7. The van der Waals surface area contributed by atoms with Crippen LogP contribution in [-0.2, 0) is 11.3 Å². The van der Waals surface area contributed by atoms with E-state index in [1.54, 1.807) is 0 Å². The van der Waals surface area contributed by atoms with Gasteiger partial charge in [0.05, 0.1) is 5.92 Å². The Labute approximate surface area is 207 Å². The van der Waals surface area contributed by atoms with Gasteiger partial charge in [0, 0.05) is 44.1 Å². The Morgan fingerprint density at radius 2 is 1.17 bits per heavy atom. The lowest BCUT2D eigenvalue weighted by Gasteiger charge is -2.36. The van der Waals surface area contributed by atoms with Gasteiger partial charge in [-0.3, -0.25) is 9.69 Å². The zero-order chi connectivity index (χ0) is 23.9. The molecule has 0 atom stereocenters. The quantitative estimate of drug-likeness (QED) is 0.379.